The fourth-order valence-corrected chi connectivity index (χ4v) is 4.55. The molecule has 0 aliphatic carbocycles. The second-order valence-electron chi connectivity index (χ2n) is 6.95. The van der Waals surface area contributed by atoms with Crippen LogP contribution < -0.4 is 9.80 Å². The number of hydrogen-bond acceptors (Lipinski definition) is 6. The van der Waals surface area contributed by atoms with Crippen LogP contribution in [0.25, 0.3) is 10.9 Å². The monoisotopic (exact) mass is 460 g/mol. The molecule has 146 valence electrons. The highest BCUT2D eigenvalue weighted by atomic mass is 79.9. The van der Waals surface area contributed by atoms with Crippen molar-refractivity contribution in [3.8, 4) is 0 Å². The van der Waals surface area contributed by atoms with E-state index in [2.05, 4.69) is 41.8 Å². The Morgan fingerprint density at radius 2 is 1.64 bits per heavy atom. The molecule has 2 aromatic carbocycles. The van der Waals surface area contributed by atoms with Gasteiger partial charge in [0, 0.05) is 48.0 Å². The van der Waals surface area contributed by atoms with E-state index in [0.29, 0.717) is 4.90 Å². The van der Waals surface area contributed by atoms with E-state index in [9.17, 15) is 8.42 Å². The van der Waals surface area contributed by atoms with E-state index in [1.54, 1.807) is 18.5 Å². The Balaban J connectivity index is 1.55. The summed E-state index contributed by atoms with van der Waals surface area (Å²) in [7, 11) is -3.17. The van der Waals surface area contributed by atoms with Crippen molar-refractivity contribution in [1.29, 1.82) is 0 Å². The number of sulfone groups is 1. The van der Waals surface area contributed by atoms with Crippen LogP contribution in [0.2, 0.25) is 0 Å². The van der Waals surface area contributed by atoms with Crippen LogP contribution >= 0.6 is 15.9 Å². The Morgan fingerprint density at radius 3 is 2.39 bits per heavy atom. The molecule has 2 heterocycles. The Hall–Kier alpha value is -2.19. The lowest BCUT2D eigenvalue weighted by molar-refractivity contribution is 0.602. The highest BCUT2D eigenvalue weighted by Crippen LogP contribution is 2.27. The largest absolute Gasteiger partial charge is 0.370 e. The minimum atomic E-state index is -3.17. The molecule has 8 heteroatoms. The predicted molar refractivity (Wildman–Crippen MR) is 116 cm³/mol. The minimum Gasteiger partial charge on any atom is -0.370 e. The van der Waals surface area contributed by atoms with Crippen LogP contribution in [0.1, 0.15) is 6.42 Å². The van der Waals surface area contributed by atoms with Crippen LogP contribution in [0.15, 0.2) is 58.2 Å². The van der Waals surface area contributed by atoms with Gasteiger partial charge in [0.25, 0.3) is 0 Å². The maximum Gasteiger partial charge on any atom is 0.175 e. The molecule has 0 radical (unpaired) electrons. The molecule has 1 fully saturated rings. The summed E-state index contributed by atoms with van der Waals surface area (Å²) in [6, 6.07) is 13.2. The normalized spacial score (nSPS) is 15.6. The Kier molecular flexibility index (Phi) is 5.25. The Morgan fingerprint density at radius 1 is 0.929 bits per heavy atom. The summed E-state index contributed by atoms with van der Waals surface area (Å²) in [6.45, 7) is 3.52. The summed E-state index contributed by atoms with van der Waals surface area (Å²) in [4.78, 5) is 13.9. The summed E-state index contributed by atoms with van der Waals surface area (Å²) in [5.74, 6) is 0.959. The summed E-state index contributed by atoms with van der Waals surface area (Å²) >= 11 is 3.54. The van der Waals surface area contributed by atoms with E-state index in [1.807, 2.05) is 24.3 Å². The Bertz CT molecular complexity index is 1100. The van der Waals surface area contributed by atoms with Gasteiger partial charge in [0.2, 0.25) is 0 Å². The van der Waals surface area contributed by atoms with Crippen molar-refractivity contribution in [2.24, 2.45) is 0 Å². The van der Waals surface area contributed by atoms with Gasteiger partial charge in [-0.3, -0.25) is 0 Å². The van der Waals surface area contributed by atoms with Crippen molar-refractivity contribution in [3.05, 3.63) is 53.3 Å². The molecular formula is C20H21BrN4O2S. The maximum atomic E-state index is 11.7. The summed E-state index contributed by atoms with van der Waals surface area (Å²) in [5, 5.41) is 1.04. The first-order valence-corrected chi connectivity index (χ1v) is 11.8. The van der Waals surface area contributed by atoms with E-state index in [1.165, 1.54) is 6.26 Å². The number of halogens is 1. The van der Waals surface area contributed by atoms with Gasteiger partial charge in [-0.1, -0.05) is 15.9 Å². The minimum absolute atomic E-state index is 0.353. The zero-order chi connectivity index (χ0) is 19.7. The first kappa shape index (κ1) is 19.1. The van der Waals surface area contributed by atoms with Crippen molar-refractivity contribution in [2.75, 3.05) is 42.2 Å². The maximum absolute atomic E-state index is 11.7. The SMILES string of the molecule is CS(=O)(=O)c1ccc(N2CCCN(c3ncnc4ccc(Br)cc34)CC2)cc1. The Labute approximate surface area is 173 Å². The van der Waals surface area contributed by atoms with Crippen LogP contribution in [-0.2, 0) is 9.84 Å². The summed E-state index contributed by atoms with van der Waals surface area (Å²) in [6.07, 6.45) is 3.85. The van der Waals surface area contributed by atoms with Crippen molar-refractivity contribution in [3.63, 3.8) is 0 Å². The highest BCUT2D eigenvalue weighted by Gasteiger charge is 2.19. The van der Waals surface area contributed by atoms with Gasteiger partial charge in [-0.05, 0) is 48.9 Å². The second-order valence-corrected chi connectivity index (χ2v) is 9.88. The molecule has 0 saturated carbocycles. The quantitative estimate of drug-likeness (QED) is 0.595. The fourth-order valence-electron chi connectivity index (χ4n) is 3.56. The number of fused-ring (bicyclic) bond motifs is 1. The van der Waals surface area contributed by atoms with E-state index in [0.717, 1.165) is 59.5 Å². The van der Waals surface area contributed by atoms with Crippen LogP contribution in [0.4, 0.5) is 11.5 Å². The number of aromatic nitrogens is 2. The van der Waals surface area contributed by atoms with Gasteiger partial charge < -0.3 is 9.80 Å². The fraction of sp³-hybridized carbons (Fsp3) is 0.300. The van der Waals surface area contributed by atoms with Crippen molar-refractivity contribution in [1.82, 2.24) is 9.97 Å². The van der Waals surface area contributed by atoms with Gasteiger partial charge in [-0.25, -0.2) is 18.4 Å². The zero-order valence-corrected chi connectivity index (χ0v) is 17.9. The van der Waals surface area contributed by atoms with Crippen LogP contribution in [-0.4, -0.2) is 50.8 Å². The standard InChI is InChI=1S/C20H21BrN4O2S/c1-28(26,27)17-6-4-16(5-7-17)24-9-2-10-25(12-11-24)20-18-13-15(21)3-8-19(18)22-14-23-20/h3-8,13-14H,2,9-12H2,1H3. The lowest BCUT2D eigenvalue weighted by Crippen LogP contribution is -2.31. The molecule has 0 bridgehead atoms. The number of benzene rings is 2. The van der Waals surface area contributed by atoms with Crippen molar-refractivity contribution in [2.45, 2.75) is 11.3 Å². The predicted octanol–water partition coefficient (Wildman–Crippen LogP) is 3.51. The zero-order valence-electron chi connectivity index (χ0n) is 15.5. The van der Waals surface area contributed by atoms with Crippen LogP contribution in [0.3, 0.4) is 0 Å². The number of rotatable bonds is 3. The molecule has 6 nitrogen and oxygen atoms in total. The topological polar surface area (TPSA) is 66.4 Å². The number of anilines is 2. The third-order valence-corrected chi connectivity index (χ3v) is 6.62. The first-order chi connectivity index (χ1) is 13.4. The van der Waals surface area contributed by atoms with Gasteiger partial charge in [0.1, 0.15) is 12.1 Å². The molecular weight excluding hydrogens is 440 g/mol. The molecule has 28 heavy (non-hydrogen) atoms. The third kappa shape index (κ3) is 3.98. The molecule has 0 amide bonds. The van der Waals surface area contributed by atoms with Crippen molar-refractivity contribution < 1.29 is 8.42 Å². The number of hydrogen-bond donors (Lipinski definition) is 0. The molecule has 0 atom stereocenters. The molecule has 0 N–H and O–H groups in total. The molecule has 1 aliphatic heterocycles. The number of nitrogens with zero attached hydrogens (tertiary/aromatic N) is 4. The average molecular weight is 461 g/mol. The molecule has 1 saturated heterocycles. The molecule has 0 unspecified atom stereocenters. The average Bonchev–Trinajstić information content (AvgIpc) is 2.93. The molecule has 1 aromatic heterocycles. The van der Waals surface area contributed by atoms with Gasteiger partial charge in [0.15, 0.2) is 9.84 Å². The molecule has 4 rings (SSSR count). The van der Waals surface area contributed by atoms with Crippen LogP contribution in [0.5, 0.6) is 0 Å². The highest BCUT2D eigenvalue weighted by molar-refractivity contribution is 9.10. The van der Waals surface area contributed by atoms with Crippen molar-refractivity contribution >= 4 is 48.2 Å². The lowest BCUT2D eigenvalue weighted by atomic mass is 10.2. The third-order valence-electron chi connectivity index (χ3n) is 5.00. The smallest absolute Gasteiger partial charge is 0.175 e. The summed E-state index contributed by atoms with van der Waals surface area (Å²) in [5.41, 5.74) is 1.98. The van der Waals surface area contributed by atoms with Gasteiger partial charge in [-0.2, -0.15) is 0 Å². The van der Waals surface area contributed by atoms with E-state index >= 15 is 0 Å². The second kappa shape index (κ2) is 7.67. The molecule has 1 aliphatic rings. The van der Waals surface area contributed by atoms with Crippen LogP contribution in [0, 0.1) is 0 Å². The summed E-state index contributed by atoms with van der Waals surface area (Å²) < 4.78 is 24.4. The van der Waals surface area contributed by atoms with E-state index in [-0.39, 0.29) is 0 Å². The molecule has 3 aromatic rings. The first-order valence-electron chi connectivity index (χ1n) is 9.12. The lowest BCUT2D eigenvalue weighted by Gasteiger charge is -2.25. The molecule has 0 spiro atoms. The van der Waals surface area contributed by atoms with E-state index < -0.39 is 9.84 Å². The van der Waals surface area contributed by atoms with Gasteiger partial charge in [0.05, 0.1) is 10.4 Å². The van der Waals surface area contributed by atoms with Gasteiger partial charge >= 0.3 is 0 Å². The van der Waals surface area contributed by atoms with E-state index in [4.69, 9.17) is 0 Å². The van der Waals surface area contributed by atoms with Gasteiger partial charge in [-0.15, -0.1) is 0 Å².